The zero-order chi connectivity index (χ0) is 17.6. The maximum Gasteiger partial charge on any atom is 0.274 e. The Morgan fingerprint density at radius 2 is 1.48 bits per heavy atom. The van der Waals surface area contributed by atoms with E-state index in [0.29, 0.717) is 24.7 Å². The van der Waals surface area contributed by atoms with Crippen molar-refractivity contribution in [2.75, 3.05) is 0 Å². The summed E-state index contributed by atoms with van der Waals surface area (Å²) in [5.41, 5.74) is 3.65. The monoisotopic (exact) mass is 333 g/mol. The molecule has 0 aliphatic heterocycles. The summed E-state index contributed by atoms with van der Waals surface area (Å²) in [4.78, 5) is 14.9. The molecule has 3 aromatic rings. The molecule has 0 spiro atoms. The van der Waals surface area contributed by atoms with Gasteiger partial charge < -0.3 is 4.90 Å². The highest BCUT2D eigenvalue weighted by atomic mass is 16.2. The molecule has 128 valence electrons. The zero-order valence-electron chi connectivity index (χ0n) is 14.6. The van der Waals surface area contributed by atoms with E-state index in [9.17, 15) is 4.79 Å². The number of aromatic nitrogens is 2. The molecule has 0 atom stereocenters. The maximum atomic E-state index is 13.0. The Morgan fingerprint density at radius 3 is 1.92 bits per heavy atom. The van der Waals surface area contributed by atoms with E-state index in [4.69, 9.17) is 0 Å². The van der Waals surface area contributed by atoms with E-state index < -0.39 is 0 Å². The molecule has 4 nitrogen and oxygen atoms in total. The van der Waals surface area contributed by atoms with Gasteiger partial charge in [0, 0.05) is 18.8 Å². The van der Waals surface area contributed by atoms with Crippen molar-refractivity contribution in [1.29, 1.82) is 0 Å². The first kappa shape index (κ1) is 17.0. The van der Waals surface area contributed by atoms with Gasteiger partial charge in [-0.3, -0.25) is 9.89 Å². The molecule has 0 aliphatic rings. The van der Waals surface area contributed by atoms with E-state index in [1.54, 1.807) is 0 Å². The summed E-state index contributed by atoms with van der Waals surface area (Å²) in [6, 6.07) is 21.9. The summed E-state index contributed by atoms with van der Waals surface area (Å²) in [5, 5.41) is 7.20. The molecular formula is C21H23N3O. The number of benzene rings is 2. The van der Waals surface area contributed by atoms with Crippen LogP contribution >= 0.6 is 0 Å². The normalized spacial score (nSPS) is 10.8. The third kappa shape index (κ3) is 4.35. The lowest BCUT2D eigenvalue weighted by Gasteiger charge is -2.22. The predicted octanol–water partition coefficient (Wildman–Crippen LogP) is 4.38. The van der Waals surface area contributed by atoms with Crippen molar-refractivity contribution in [2.45, 2.75) is 32.9 Å². The summed E-state index contributed by atoms with van der Waals surface area (Å²) in [5.74, 6) is 0.251. The van der Waals surface area contributed by atoms with Crippen LogP contribution in [-0.4, -0.2) is 21.0 Å². The minimum atomic E-state index is -0.0594. The highest BCUT2D eigenvalue weighted by molar-refractivity contribution is 5.92. The molecule has 0 bridgehead atoms. The molecule has 0 saturated heterocycles. The largest absolute Gasteiger partial charge is 0.329 e. The van der Waals surface area contributed by atoms with E-state index in [2.05, 4.69) is 24.0 Å². The van der Waals surface area contributed by atoms with E-state index in [1.807, 2.05) is 71.6 Å². The van der Waals surface area contributed by atoms with Gasteiger partial charge in [0.25, 0.3) is 5.91 Å². The second-order valence-electron chi connectivity index (χ2n) is 6.50. The molecule has 1 amide bonds. The van der Waals surface area contributed by atoms with Gasteiger partial charge in [-0.1, -0.05) is 74.5 Å². The average Bonchev–Trinajstić information content (AvgIpc) is 3.13. The van der Waals surface area contributed by atoms with Crippen LogP contribution in [0, 0.1) is 0 Å². The SMILES string of the molecule is CC(C)c1cc(C(=O)N(Cc2ccccc2)Cc2ccccc2)n[nH]1. The van der Waals surface area contributed by atoms with Gasteiger partial charge in [0.2, 0.25) is 0 Å². The topological polar surface area (TPSA) is 49.0 Å². The lowest BCUT2D eigenvalue weighted by molar-refractivity contribution is 0.0724. The number of hydrogen-bond donors (Lipinski definition) is 1. The highest BCUT2D eigenvalue weighted by Gasteiger charge is 2.20. The lowest BCUT2D eigenvalue weighted by Crippen LogP contribution is -2.30. The summed E-state index contributed by atoms with van der Waals surface area (Å²) in [6.45, 7) is 5.26. The van der Waals surface area contributed by atoms with Crippen molar-refractivity contribution < 1.29 is 4.79 Å². The van der Waals surface area contributed by atoms with Crippen LogP contribution in [-0.2, 0) is 13.1 Å². The standard InChI is InChI=1S/C21H23N3O/c1-16(2)19-13-20(23-22-19)21(25)24(14-17-9-5-3-6-10-17)15-18-11-7-4-8-12-18/h3-13,16H,14-15H2,1-2H3,(H,22,23). The van der Waals surface area contributed by atoms with Crippen molar-refractivity contribution in [3.63, 3.8) is 0 Å². The molecule has 0 radical (unpaired) electrons. The fraction of sp³-hybridized carbons (Fsp3) is 0.238. The quantitative estimate of drug-likeness (QED) is 0.728. The van der Waals surface area contributed by atoms with Crippen molar-refractivity contribution in [3.8, 4) is 0 Å². The van der Waals surface area contributed by atoms with Crippen molar-refractivity contribution in [2.24, 2.45) is 0 Å². The van der Waals surface area contributed by atoms with E-state index in [1.165, 1.54) is 0 Å². The molecule has 0 fully saturated rings. The van der Waals surface area contributed by atoms with Crippen molar-refractivity contribution in [3.05, 3.63) is 89.2 Å². The number of carbonyl (C=O) groups excluding carboxylic acids is 1. The first-order valence-electron chi connectivity index (χ1n) is 8.56. The Hall–Kier alpha value is -2.88. The Balaban J connectivity index is 1.85. The molecule has 0 saturated carbocycles. The second kappa shape index (κ2) is 7.79. The maximum absolute atomic E-state index is 13.0. The minimum Gasteiger partial charge on any atom is -0.329 e. The van der Waals surface area contributed by atoms with Gasteiger partial charge in [-0.05, 0) is 23.1 Å². The second-order valence-corrected chi connectivity index (χ2v) is 6.50. The van der Waals surface area contributed by atoms with Crippen LogP contribution in [0.5, 0.6) is 0 Å². The summed E-state index contributed by atoms with van der Waals surface area (Å²) in [6.07, 6.45) is 0. The van der Waals surface area contributed by atoms with E-state index >= 15 is 0 Å². The zero-order valence-corrected chi connectivity index (χ0v) is 14.6. The Bertz CT molecular complexity index is 768. The van der Waals surface area contributed by atoms with Gasteiger partial charge in [-0.25, -0.2) is 0 Å². The van der Waals surface area contributed by atoms with Gasteiger partial charge in [0.15, 0.2) is 0 Å². The first-order valence-corrected chi connectivity index (χ1v) is 8.56. The molecular weight excluding hydrogens is 310 g/mol. The number of aromatic amines is 1. The Labute approximate surface area is 148 Å². The molecule has 1 heterocycles. The number of hydrogen-bond acceptors (Lipinski definition) is 2. The predicted molar refractivity (Wildman–Crippen MR) is 99.1 cm³/mol. The van der Waals surface area contributed by atoms with Crippen LogP contribution in [0.4, 0.5) is 0 Å². The fourth-order valence-electron chi connectivity index (χ4n) is 2.71. The van der Waals surface area contributed by atoms with Gasteiger partial charge in [-0.2, -0.15) is 5.10 Å². The van der Waals surface area contributed by atoms with Gasteiger partial charge in [0.05, 0.1) is 0 Å². The van der Waals surface area contributed by atoms with Crippen molar-refractivity contribution in [1.82, 2.24) is 15.1 Å². The van der Waals surface area contributed by atoms with Crippen LogP contribution in [0.3, 0.4) is 0 Å². The van der Waals surface area contributed by atoms with Crippen LogP contribution in [0.2, 0.25) is 0 Å². The number of nitrogens with zero attached hydrogens (tertiary/aromatic N) is 2. The third-order valence-electron chi connectivity index (χ3n) is 4.16. The lowest BCUT2D eigenvalue weighted by atomic mass is 10.1. The Morgan fingerprint density at radius 1 is 0.960 bits per heavy atom. The van der Waals surface area contributed by atoms with Crippen LogP contribution in [0.1, 0.15) is 47.1 Å². The summed E-state index contributed by atoms with van der Waals surface area (Å²) >= 11 is 0. The third-order valence-corrected chi connectivity index (χ3v) is 4.16. The molecule has 0 aliphatic carbocycles. The van der Waals surface area contributed by atoms with Gasteiger partial charge in [0.1, 0.15) is 5.69 Å². The van der Waals surface area contributed by atoms with Crippen LogP contribution in [0.25, 0.3) is 0 Å². The molecule has 1 aromatic heterocycles. The number of rotatable bonds is 6. The first-order chi connectivity index (χ1) is 12.1. The van der Waals surface area contributed by atoms with Crippen LogP contribution < -0.4 is 0 Å². The number of amides is 1. The fourth-order valence-corrected chi connectivity index (χ4v) is 2.71. The minimum absolute atomic E-state index is 0.0594. The molecule has 3 rings (SSSR count). The summed E-state index contributed by atoms with van der Waals surface area (Å²) < 4.78 is 0. The van der Waals surface area contributed by atoms with E-state index in [-0.39, 0.29) is 5.91 Å². The van der Waals surface area contributed by atoms with Gasteiger partial charge >= 0.3 is 0 Å². The Kier molecular flexibility index (Phi) is 5.29. The molecule has 25 heavy (non-hydrogen) atoms. The number of H-pyrrole nitrogens is 1. The molecule has 4 heteroatoms. The molecule has 1 N–H and O–H groups in total. The van der Waals surface area contributed by atoms with Crippen molar-refractivity contribution >= 4 is 5.91 Å². The van der Waals surface area contributed by atoms with Gasteiger partial charge in [-0.15, -0.1) is 0 Å². The average molecular weight is 333 g/mol. The smallest absolute Gasteiger partial charge is 0.274 e. The highest BCUT2D eigenvalue weighted by Crippen LogP contribution is 2.16. The molecule has 0 unspecified atom stereocenters. The number of carbonyl (C=O) groups is 1. The van der Waals surface area contributed by atoms with E-state index in [0.717, 1.165) is 16.8 Å². The van der Waals surface area contributed by atoms with Crippen LogP contribution in [0.15, 0.2) is 66.7 Å². The summed E-state index contributed by atoms with van der Waals surface area (Å²) in [7, 11) is 0. The number of nitrogens with one attached hydrogen (secondary N) is 1. The molecule has 2 aromatic carbocycles.